The number of carbonyl (C=O) groups is 1. The molecule has 2 aromatic rings. The number of ketones is 1. The predicted octanol–water partition coefficient (Wildman–Crippen LogP) is 6.02. The van der Waals surface area contributed by atoms with E-state index in [-0.39, 0.29) is 5.78 Å². The summed E-state index contributed by atoms with van der Waals surface area (Å²) >= 11 is 10.3. The molecule has 2 nitrogen and oxygen atoms in total. The second kappa shape index (κ2) is 8.11. The van der Waals surface area contributed by atoms with Crippen LogP contribution >= 0.6 is 47.8 Å². The SMILES string of the molecule is O=C(CCCOc1c(Br)cc(Br)cc1Br)c1ccccc1. The summed E-state index contributed by atoms with van der Waals surface area (Å²) in [5.41, 5.74) is 0.753. The van der Waals surface area contributed by atoms with Crippen molar-refractivity contribution in [1.29, 1.82) is 0 Å². The lowest BCUT2D eigenvalue weighted by Gasteiger charge is -2.10. The van der Waals surface area contributed by atoms with E-state index in [0.29, 0.717) is 19.4 Å². The molecule has 0 aliphatic heterocycles. The van der Waals surface area contributed by atoms with E-state index in [0.717, 1.165) is 24.7 Å². The Morgan fingerprint density at radius 3 is 2.24 bits per heavy atom. The monoisotopic (exact) mass is 474 g/mol. The zero-order valence-corrected chi connectivity index (χ0v) is 15.9. The van der Waals surface area contributed by atoms with E-state index in [9.17, 15) is 4.79 Å². The van der Waals surface area contributed by atoms with E-state index < -0.39 is 0 Å². The van der Waals surface area contributed by atoms with Crippen LogP contribution in [0.2, 0.25) is 0 Å². The van der Waals surface area contributed by atoms with Crippen molar-refractivity contribution in [3.63, 3.8) is 0 Å². The Morgan fingerprint density at radius 1 is 1.00 bits per heavy atom. The molecule has 0 bridgehead atoms. The first-order valence-corrected chi connectivity index (χ1v) is 8.81. The zero-order chi connectivity index (χ0) is 15.2. The standard InChI is InChI=1S/C16H13Br3O2/c17-12-9-13(18)16(14(19)10-12)21-8-4-7-15(20)11-5-2-1-3-6-11/h1-3,5-6,9-10H,4,7-8H2. The minimum atomic E-state index is 0.146. The van der Waals surface area contributed by atoms with Crippen LogP contribution in [0.25, 0.3) is 0 Å². The van der Waals surface area contributed by atoms with E-state index in [4.69, 9.17) is 4.74 Å². The second-order valence-electron chi connectivity index (χ2n) is 4.44. The summed E-state index contributed by atoms with van der Waals surface area (Å²) in [5.74, 6) is 0.901. The number of Topliss-reactive ketones (excluding diaryl/α,β-unsaturated/α-hetero) is 1. The fourth-order valence-corrected chi connectivity index (χ4v) is 4.33. The van der Waals surface area contributed by atoms with Gasteiger partial charge in [0.15, 0.2) is 5.78 Å². The van der Waals surface area contributed by atoms with Gasteiger partial charge < -0.3 is 4.74 Å². The first-order chi connectivity index (χ1) is 10.1. The average molecular weight is 477 g/mol. The Hall–Kier alpha value is -0.650. The normalized spacial score (nSPS) is 10.4. The van der Waals surface area contributed by atoms with Gasteiger partial charge in [-0.2, -0.15) is 0 Å². The van der Waals surface area contributed by atoms with Crippen molar-refractivity contribution in [2.24, 2.45) is 0 Å². The maximum atomic E-state index is 12.0. The number of halogens is 3. The Bertz CT molecular complexity index is 604. The van der Waals surface area contributed by atoms with Crippen LogP contribution < -0.4 is 4.74 Å². The molecule has 2 aromatic carbocycles. The maximum absolute atomic E-state index is 12.0. The van der Waals surface area contributed by atoms with Crippen molar-refractivity contribution in [2.45, 2.75) is 12.8 Å². The van der Waals surface area contributed by atoms with Crippen LogP contribution in [-0.2, 0) is 0 Å². The third-order valence-corrected chi connectivity index (χ3v) is 4.49. The summed E-state index contributed by atoms with van der Waals surface area (Å²) in [6.07, 6.45) is 1.17. The second-order valence-corrected chi connectivity index (χ2v) is 7.06. The average Bonchev–Trinajstić information content (AvgIpc) is 2.46. The molecule has 0 N–H and O–H groups in total. The van der Waals surface area contributed by atoms with E-state index in [1.54, 1.807) is 0 Å². The number of rotatable bonds is 6. The van der Waals surface area contributed by atoms with E-state index >= 15 is 0 Å². The number of ether oxygens (including phenoxy) is 1. The van der Waals surface area contributed by atoms with Crippen molar-refractivity contribution in [3.05, 3.63) is 61.4 Å². The van der Waals surface area contributed by atoms with Crippen LogP contribution in [-0.4, -0.2) is 12.4 Å². The first-order valence-electron chi connectivity index (χ1n) is 6.43. The molecule has 0 spiro atoms. The highest BCUT2D eigenvalue weighted by Crippen LogP contribution is 2.36. The molecule has 0 aliphatic rings. The van der Waals surface area contributed by atoms with Gasteiger partial charge in [0.05, 0.1) is 15.6 Å². The first kappa shape index (κ1) is 16.7. The quantitative estimate of drug-likeness (QED) is 0.376. The summed E-state index contributed by atoms with van der Waals surface area (Å²) < 4.78 is 8.45. The molecule has 110 valence electrons. The van der Waals surface area contributed by atoms with E-state index in [2.05, 4.69) is 47.8 Å². The van der Waals surface area contributed by atoms with E-state index in [1.165, 1.54) is 0 Å². The maximum Gasteiger partial charge on any atom is 0.163 e. The lowest BCUT2D eigenvalue weighted by molar-refractivity contribution is 0.0973. The molecule has 0 saturated carbocycles. The smallest absolute Gasteiger partial charge is 0.163 e. The molecule has 0 radical (unpaired) electrons. The molecule has 21 heavy (non-hydrogen) atoms. The molecule has 0 aromatic heterocycles. The molecule has 0 aliphatic carbocycles. The fourth-order valence-electron chi connectivity index (χ4n) is 1.84. The lowest BCUT2D eigenvalue weighted by atomic mass is 10.1. The van der Waals surface area contributed by atoms with Crippen molar-refractivity contribution in [3.8, 4) is 5.75 Å². The number of carbonyl (C=O) groups excluding carboxylic acids is 1. The van der Waals surface area contributed by atoms with Crippen LogP contribution in [0.4, 0.5) is 0 Å². The highest BCUT2D eigenvalue weighted by atomic mass is 79.9. The summed E-state index contributed by atoms with van der Waals surface area (Å²) in [6, 6.07) is 13.2. The van der Waals surface area contributed by atoms with Gasteiger partial charge in [-0.15, -0.1) is 0 Å². The van der Waals surface area contributed by atoms with Crippen LogP contribution in [0, 0.1) is 0 Å². The molecular weight excluding hydrogens is 464 g/mol. The molecule has 5 heteroatoms. The minimum Gasteiger partial charge on any atom is -0.491 e. The highest BCUT2D eigenvalue weighted by Gasteiger charge is 2.09. The van der Waals surface area contributed by atoms with Gasteiger partial charge in [0.1, 0.15) is 5.75 Å². The van der Waals surface area contributed by atoms with E-state index in [1.807, 2.05) is 42.5 Å². The van der Waals surface area contributed by atoms with Crippen molar-refractivity contribution in [2.75, 3.05) is 6.61 Å². The molecule has 2 rings (SSSR count). The minimum absolute atomic E-state index is 0.146. The third-order valence-electron chi connectivity index (χ3n) is 2.85. The summed E-state index contributed by atoms with van der Waals surface area (Å²) in [7, 11) is 0. The van der Waals surface area contributed by atoms with Crippen LogP contribution in [0.5, 0.6) is 5.75 Å². The molecule has 0 heterocycles. The van der Waals surface area contributed by atoms with Crippen LogP contribution in [0.1, 0.15) is 23.2 Å². The summed E-state index contributed by atoms with van der Waals surface area (Å²) in [6.45, 7) is 0.497. The number of hydrogen-bond acceptors (Lipinski definition) is 2. The van der Waals surface area contributed by atoms with Crippen LogP contribution in [0.15, 0.2) is 55.9 Å². The molecule has 0 saturated heterocycles. The Labute approximate surface area is 149 Å². The molecule has 0 amide bonds. The van der Waals surface area contributed by atoms with Gasteiger partial charge >= 0.3 is 0 Å². The Kier molecular flexibility index (Phi) is 6.45. The molecular formula is C16H13Br3O2. The fraction of sp³-hybridized carbons (Fsp3) is 0.188. The molecule has 0 unspecified atom stereocenters. The predicted molar refractivity (Wildman–Crippen MR) is 95.0 cm³/mol. The molecule has 0 fully saturated rings. The largest absolute Gasteiger partial charge is 0.491 e. The van der Waals surface area contributed by atoms with Gasteiger partial charge in [-0.25, -0.2) is 0 Å². The number of hydrogen-bond donors (Lipinski definition) is 0. The van der Waals surface area contributed by atoms with Gasteiger partial charge in [-0.1, -0.05) is 46.3 Å². The zero-order valence-electron chi connectivity index (χ0n) is 11.1. The van der Waals surface area contributed by atoms with Gasteiger partial charge in [0.2, 0.25) is 0 Å². The molecule has 0 atom stereocenters. The van der Waals surface area contributed by atoms with Crippen molar-refractivity contribution >= 4 is 53.6 Å². The Morgan fingerprint density at radius 2 is 1.62 bits per heavy atom. The highest BCUT2D eigenvalue weighted by molar-refractivity contribution is 9.11. The van der Waals surface area contributed by atoms with Gasteiger partial charge in [-0.3, -0.25) is 4.79 Å². The number of benzene rings is 2. The Balaban J connectivity index is 1.84. The lowest BCUT2D eigenvalue weighted by Crippen LogP contribution is -2.04. The van der Waals surface area contributed by atoms with Crippen LogP contribution in [0.3, 0.4) is 0 Å². The summed E-state index contributed by atoms with van der Waals surface area (Å²) in [4.78, 5) is 12.0. The van der Waals surface area contributed by atoms with Crippen molar-refractivity contribution in [1.82, 2.24) is 0 Å². The van der Waals surface area contributed by atoms with Gasteiger partial charge in [0, 0.05) is 16.5 Å². The van der Waals surface area contributed by atoms with Crippen molar-refractivity contribution < 1.29 is 9.53 Å². The van der Waals surface area contributed by atoms with Gasteiger partial charge in [-0.05, 0) is 50.4 Å². The topological polar surface area (TPSA) is 26.3 Å². The van der Waals surface area contributed by atoms with Gasteiger partial charge in [0.25, 0.3) is 0 Å². The summed E-state index contributed by atoms with van der Waals surface area (Å²) in [5, 5.41) is 0. The third kappa shape index (κ3) is 4.94.